The molecule has 1 nitrogen and oxygen atoms in total. The largest absolute Gasteiger partial charge is 0.276 e. The fourth-order valence-electron chi connectivity index (χ4n) is 1.62. The van der Waals surface area contributed by atoms with Gasteiger partial charge < -0.3 is 0 Å². The van der Waals surface area contributed by atoms with Crippen LogP contribution < -0.4 is 0 Å². The molecule has 0 amide bonds. The second kappa shape index (κ2) is 4.18. The smallest absolute Gasteiger partial charge is 0.263 e. The lowest BCUT2D eigenvalue weighted by atomic mass is 10.0. The van der Waals surface area contributed by atoms with Crippen molar-refractivity contribution in [3.63, 3.8) is 0 Å². The molecule has 0 aliphatic rings. The molecular weight excluding hydrogens is 234 g/mol. The summed E-state index contributed by atoms with van der Waals surface area (Å²) in [6.45, 7) is 0. The van der Waals surface area contributed by atoms with Gasteiger partial charge in [0.15, 0.2) is 0 Å². The Morgan fingerprint density at radius 1 is 1.19 bits per heavy atom. The van der Waals surface area contributed by atoms with Gasteiger partial charge in [0.1, 0.15) is 0 Å². The third-order valence-corrected chi connectivity index (χ3v) is 2.55. The number of carbonyl (C=O) groups is 1. The Morgan fingerprint density at radius 2 is 1.88 bits per heavy atom. The van der Waals surface area contributed by atoms with Crippen LogP contribution in [0.15, 0.2) is 36.4 Å². The van der Waals surface area contributed by atoms with Crippen LogP contribution in [0.2, 0.25) is 0 Å². The summed E-state index contributed by atoms with van der Waals surface area (Å²) in [5, 5.41) is 0.454. The van der Waals surface area contributed by atoms with Gasteiger partial charge in [-0.3, -0.25) is 4.79 Å². The summed E-state index contributed by atoms with van der Waals surface area (Å²) >= 11 is 5.38. The van der Waals surface area contributed by atoms with Gasteiger partial charge in [-0.25, -0.2) is 8.78 Å². The number of hydrogen-bond acceptors (Lipinski definition) is 1. The predicted molar refractivity (Wildman–Crippen MR) is 59.1 cm³/mol. The van der Waals surface area contributed by atoms with Gasteiger partial charge in [0.05, 0.1) is 0 Å². The first kappa shape index (κ1) is 11.0. The van der Waals surface area contributed by atoms with E-state index < -0.39 is 11.7 Å². The van der Waals surface area contributed by atoms with Crippen LogP contribution >= 0.6 is 11.6 Å². The molecule has 2 rings (SSSR count). The van der Waals surface area contributed by atoms with Crippen LogP contribution in [0.5, 0.6) is 0 Å². The molecule has 0 atom stereocenters. The highest BCUT2D eigenvalue weighted by Crippen LogP contribution is 2.27. The van der Waals surface area contributed by atoms with Gasteiger partial charge in [0.2, 0.25) is 0 Å². The SMILES string of the molecule is O=C(Cl)c1cc(C(F)F)cc2ccccc12. The second-order valence-corrected chi connectivity index (χ2v) is 3.71. The minimum absolute atomic E-state index is 0.120. The van der Waals surface area contributed by atoms with Crippen molar-refractivity contribution in [2.45, 2.75) is 6.43 Å². The molecule has 0 spiro atoms. The van der Waals surface area contributed by atoms with Gasteiger partial charge in [-0.15, -0.1) is 0 Å². The van der Waals surface area contributed by atoms with Crippen molar-refractivity contribution in [3.8, 4) is 0 Å². The highest BCUT2D eigenvalue weighted by atomic mass is 35.5. The normalized spacial score (nSPS) is 11.0. The molecular formula is C12H7ClF2O. The summed E-state index contributed by atoms with van der Waals surface area (Å²) in [7, 11) is 0. The van der Waals surface area contributed by atoms with E-state index in [1.165, 1.54) is 6.07 Å². The molecule has 0 saturated heterocycles. The minimum Gasteiger partial charge on any atom is -0.276 e. The summed E-state index contributed by atoms with van der Waals surface area (Å²) in [5.74, 6) is 0. The monoisotopic (exact) mass is 240 g/mol. The Labute approximate surface area is 95.6 Å². The maximum atomic E-state index is 12.6. The summed E-state index contributed by atoms with van der Waals surface area (Å²) in [5.41, 5.74) is -0.0715. The van der Waals surface area contributed by atoms with Crippen LogP contribution in [0.25, 0.3) is 10.8 Å². The molecule has 0 N–H and O–H groups in total. The van der Waals surface area contributed by atoms with Gasteiger partial charge in [-0.05, 0) is 34.5 Å². The van der Waals surface area contributed by atoms with Crippen molar-refractivity contribution in [3.05, 3.63) is 47.5 Å². The van der Waals surface area contributed by atoms with Crippen molar-refractivity contribution in [2.24, 2.45) is 0 Å². The predicted octanol–water partition coefficient (Wildman–Crippen LogP) is 4.16. The molecule has 0 heterocycles. The molecule has 82 valence electrons. The van der Waals surface area contributed by atoms with E-state index in [1.54, 1.807) is 24.3 Å². The van der Waals surface area contributed by atoms with E-state index in [4.69, 9.17) is 11.6 Å². The average Bonchev–Trinajstić information content (AvgIpc) is 2.27. The third kappa shape index (κ3) is 1.91. The number of carbonyl (C=O) groups excluding carboxylic acids is 1. The number of alkyl halides is 2. The zero-order valence-corrected chi connectivity index (χ0v) is 8.84. The Kier molecular flexibility index (Phi) is 2.88. The third-order valence-electron chi connectivity index (χ3n) is 2.35. The highest BCUT2D eigenvalue weighted by Gasteiger charge is 2.14. The second-order valence-electron chi connectivity index (χ2n) is 3.36. The number of benzene rings is 2. The topological polar surface area (TPSA) is 17.1 Å². The van der Waals surface area contributed by atoms with E-state index in [1.807, 2.05) is 0 Å². The van der Waals surface area contributed by atoms with Gasteiger partial charge >= 0.3 is 0 Å². The van der Waals surface area contributed by atoms with Gasteiger partial charge in [-0.1, -0.05) is 24.3 Å². The minimum atomic E-state index is -2.61. The first-order chi connectivity index (χ1) is 7.59. The number of halogens is 3. The van der Waals surface area contributed by atoms with Crippen LogP contribution in [0.1, 0.15) is 22.3 Å². The molecule has 0 saturated carbocycles. The maximum absolute atomic E-state index is 12.6. The summed E-state index contributed by atoms with van der Waals surface area (Å²) < 4.78 is 25.2. The standard InChI is InChI=1S/C12H7ClF2O/c13-11(16)10-6-8(12(14)15)5-7-3-1-2-4-9(7)10/h1-6,12H. The van der Waals surface area contributed by atoms with E-state index in [9.17, 15) is 13.6 Å². The molecule has 0 aliphatic carbocycles. The van der Waals surface area contributed by atoms with Crippen LogP contribution in [0.3, 0.4) is 0 Å². The zero-order chi connectivity index (χ0) is 11.7. The molecule has 2 aromatic rings. The summed E-state index contributed by atoms with van der Waals surface area (Å²) in [6.07, 6.45) is -2.61. The lowest BCUT2D eigenvalue weighted by Crippen LogP contribution is -1.94. The van der Waals surface area contributed by atoms with E-state index in [0.717, 1.165) is 6.07 Å². The van der Waals surface area contributed by atoms with Crippen molar-refractivity contribution in [1.29, 1.82) is 0 Å². The van der Waals surface area contributed by atoms with E-state index >= 15 is 0 Å². The molecule has 2 aromatic carbocycles. The fraction of sp³-hybridized carbons (Fsp3) is 0.0833. The molecule has 0 aliphatic heterocycles. The molecule has 0 aromatic heterocycles. The van der Waals surface area contributed by atoms with Crippen molar-refractivity contribution < 1.29 is 13.6 Å². The number of rotatable bonds is 2. The molecule has 4 heteroatoms. The van der Waals surface area contributed by atoms with E-state index in [0.29, 0.717) is 10.8 Å². The molecule has 0 unspecified atom stereocenters. The van der Waals surface area contributed by atoms with E-state index in [-0.39, 0.29) is 11.1 Å². The fourth-order valence-corrected chi connectivity index (χ4v) is 1.78. The van der Waals surface area contributed by atoms with Crippen molar-refractivity contribution in [1.82, 2.24) is 0 Å². The average molecular weight is 241 g/mol. The quantitative estimate of drug-likeness (QED) is 0.721. The lowest BCUT2D eigenvalue weighted by molar-refractivity contribution is 0.108. The highest BCUT2D eigenvalue weighted by molar-refractivity contribution is 6.68. The Balaban J connectivity index is 2.79. The summed E-state index contributed by atoms with van der Waals surface area (Å²) in [4.78, 5) is 11.2. The Morgan fingerprint density at radius 3 is 2.50 bits per heavy atom. The summed E-state index contributed by atoms with van der Waals surface area (Å²) in [6, 6.07) is 9.31. The van der Waals surface area contributed by atoms with Gasteiger partial charge in [0, 0.05) is 11.1 Å². The zero-order valence-electron chi connectivity index (χ0n) is 8.08. The molecule has 0 radical (unpaired) electrons. The van der Waals surface area contributed by atoms with Crippen LogP contribution in [-0.4, -0.2) is 5.24 Å². The number of hydrogen-bond donors (Lipinski definition) is 0. The first-order valence-corrected chi connectivity index (χ1v) is 4.98. The first-order valence-electron chi connectivity index (χ1n) is 4.60. The van der Waals surface area contributed by atoms with E-state index in [2.05, 4.69) is 0 Å². The molecule has 0 fully saturated rings. The van der Waals surface area contributed by atoms with Gasteiger partial charge in [-0.2, -0.15) is 0 Å². The maximum Gasteiger partial charge on any atom is 0.263 e. The van der Waals surface area contributed by atoms with Crippen LogP contribution in [0.4, 0.5) is 8.78 Å². The van der Waals surface area contributed by atoms with Crippen LogP contribution in [-0.2, 0) is 0 Å². The van der Waals surface area contributed by atoms with Crippen molar-refractivity contribution in [2.75, 3.05) is 0 Å². The lowest BCUT2D eigenvalue weighted by Gasteiger charge is -2.06. The van der Waals surface area contributed by atoms with Crippen LogP contribution in [0, 0.1) is 0 Å². The van der Waals surface area contributed by atoms with Crippen molar-refractivity contribution >= 4 is 27.6 Å². The molecule has 0 bridgehead atoms. The Bertz CT molecular complexity index is 552. The van der Waals surface area contributed by atoms with Gasteiger partial charge in [0.25, 0.3) is 11.7 Å². The Hall–Kier alpha value is -1.48. The molecule has 16 heavy (non-hydrogen) atoms. The number of fused-ring (bicyclic) bond motifs is 1.